The van der Waals surface area contributed by atoms with Crippen molar-refractivity contribution in [3.63, 3.8) is 0 Å². The number of nitrogens with zero attached hydrogens (tertiary/aromatic N) is 3. The summed E-state index contributed by atoms with van der Waals surface area (Å²) in [6.07, 6.45) is -0.541. The highest BCUT2D eigenvalue weighted by molar-refractivity contribution is 7.90. The van der Waals surface area contributed by atoms with Crippen molar-refractivity contribution in [1.29, 1.82) is 0 Å². The van der Waals surface area contributed by atoms with Gasteiger partial charge in [0, 0.05) is 32.4 Å². The number of aromatic nitrogens is 1. The van der Waals surface area contributed by atoms with Crippen LogP contribution in [0.3, 0.4) is 0 Å². The Hall–Kier alpha value is -1.35. The van der Waals surface area contributed by atoms with Crippen LogP contribution in [-0.4, -0.2) is 49.1 Å². The predicted octanol–water partition coefficient (Wildman–Crippen LogP) is 2.49. The summed E-state index contributed by atoms with van der Waals surface area (Å²) in [4.78, 5) is 5.46. The first-order chi connectivity index (χ1) is 11.2. The van der Waals surface area contributed by atoms with Gasteiger partial charge in [0.1, 0.15) is 5.82 Å². The Kier molecular flexibility index (Phi) is 4.50. The Morgan fingerprint density at radius 2 is 2.00 bits per heavy atom. The maximum Gasteiger partial charge on any atom is 0.419 e. The van der Waals surface area contributed by atoms with Crippen molar-refractivity contribution < 1.29 is 21.6 Å². The van der Waals surface area contributed by atoms with Crippen molar-refractivity contribution in [3.05, 3.63) is 23.9 Å². The van der Waals surface area contributed by atoms with Crippen LogP contribution in [0.5, 0.6) is 0 Å². The molecule has 24 heavy (non-hydrogen) atoms. The predicted molar refractivity (Wildman–Crippen MR) is 84.2 cm³/mol. The van der Waals surface area contributed by atoms with E-state index < -0.39 is 21.8 Å². The third kappa shape index (κ3) is 3.37. The fourth-order valence-electron chi connectivity index (χ4n) is 3.12. The average Bonchev–Trinajstić information content (AvgIpc) is 3.39. The smallest absolute Gasteiger partial charge is 0.355 e. The molecule has 1 aromatic heterocycles. The van der Waals surface area contributed by atoms with Crippen molar-refractivity contribution in [2.24, 2.45) is 0 Å². The van der Waals surface area contributed by atoms with E-state index in [1.807, 2.05) is 0 Å². The number of rotatable bonds is 4. The van der Waals surface area contributed by atoms with E-state index in [0.717, 1.165) is 6.07 Å². The molecule has 0 aromatic carbocycles. The molecule has 0 amide bonds. The van der Waals surface area contributed by atoms with Crippen molar-refractivity contribution in [3.8, 4) is 0 Å². The van der Waals surface area contributed by atoms with Gasteiger partial charge in [0.2, 0.25) is 10.0 Å². The Balaban J connectivity index is 1.82. The van der Waals surface area contributed by atoms with E-state index in [0.29, 0.717) is 32.2 Å². The van der Waals surface area contributed by atoms with Crippen LogP contribution in [0.25, 0.3) is 0 Å². The number of likely N-dealkylation sites (N-methyl/N-ethyl adjacent to an activating group) is 1. The molecular weight excluding hydrogens is 343 g/mol. The van der Waals surface area contributed by atoms with Gasteiger partial charge in [-0.3, -0.25) is 0 Å². The summed E-state index contributed by atoms with van der Waals surface area (Å²) in [6.45, 7) is 0.663. The largest absolute Gasteiger partial charge is 0.419 e. The second kappa shape index (κ2) is 6.18. The molecule has 0 spiro atoms. The van der Waals surface area contributed by atoms with Crippen molar-refractivity contribution in [1.82, 2.24) is 9.29 Å². The molecular formula is C15H20F3N3O2S. The zero-order chi connectivity index (χ0) is 17.5. The molecule has 1 unspecified atom stereocenters. The first-order valence-corrected chi connectivity index (χ1v) is 9.45. The molecule has 5 nitrogen and oxygen atoms in total. The number of hydrogen-bond acceptors (Lipinski definition) is 4. The molecule has 1 saturated heterocycles. The van der Waals surface area contributed by atoms with Crippen LogP contribution < -0.4 is 4.90 Å². The molecule has 1 aromatic rings. The Morgan fingerprint density at radius 3 is 2.62 bits per heavy atom. The monoisotopic (exact) mass is 363 g/mol. The van der Waals surface area contributed by atoms with Crippen LogP contribution in [-0.2, 0) is 16.2 Å². The summed E-state index contributed by atoms with van der Waals surface area (Å²) < 4.78 is 65.7. The minimum Gasteiger partial charge on any atom is -0.355 e. The van der Waals surface area contributed by atoms with Gasteiger partial charge in [-0.15, -0.1) is 0 Å². The molecule has 3 rings (SSSR count). The minimum atomic E-state index is -4.48. The summed E-state index contributed by atoms with van der Waals surface area (Å²) in [6, 6.07) is 1.95. The van der Waals surface area contributed by atoms with Gasteiger partial charge < -0.3 is 4.90 Å². The van der Waals surface area contributed by atoms with Gasteiger partial charge in [0.15, 0.2) is 0 Å². The average molecular weight is 363 g/mol. The second-order valence-electron chi connectivity index (χ2n) is 6.37. The van der Waals surface area contributed by atoms with Gasteiger partial charge in [0.05, 0.1) is 10.8 Å². The van der Waals surface area contributed by atoms with Crippen molar-refractivity contribution >= 4 is 15.8 Å². The van der Waals surface area contributed by atoms with Crippen LogP contribution in [0.4, 0.5) is 19.0 Å². The lowest BCUT2D eigenvalue weighted by Gasteiger charge is -2.38. The molecule has 1 aliphatic heterocycles. The minimum absolute atomic E-state index is 0.119. The van der Waals surface area contributed by atoms with E-state index in [-0.39, 0.29) is 23.7 Å². The van der Waals surface area contributed by atoms with E-state index in [1.54, 1.807) is 4.90 Å². The summed E-state index contributed by atoms with van der Waals surface area (Å²) in [5.41, 5.74) is -0.779. The van der Waals surface area contributed by atoms with Gasteiger partial charge in [-0.1, -0.05) is 0 Å². The van der Waals surface area contributed by atoms with Gasteiger partial charge in [-0.05, 0) is 37.8 Å². The maximum atomic E-state index is 13.2. The molecule has 2 fully saturated rings. The van der Waals surface area contributed by atoms with Gasteiger partial charge in [-0.25, -0.2) is 13.4 Å². The van der Waals surface area contributed by atoms with Gasteiger partial charge in [-0.2, -0.15) is 17.5 Å². The fraction of sp³-hybridized carbons (Fsp3) is 0.667. The lowest BCUT2D eigenvalue weighted by atomic mass is 10.1. The standard InChI is InChI=1S/C15H20F3N3O2S/c1-20(24(22,23)12-6-7-12)11-4-3-9-21(10-11)14-13(15(16,17)18)5-2-8-19-14/h2,5,8,11-12H,3-4,6-7,9-10H2,1H3. The van der Waals surface area contributed by atoms with Crippen LogP contribution >= 0.6 is 0 Å². The molecule has 1 saturated carbocycles. The van der Waals surface area contributed by atoms with Gasteiger partial charge in [0.25, 0.3) is 0 Å². The van der Waals surface area contributed by atoms with Crippen LogP contribution in [0.1, 0.15) is 31.2 Å². The Labute approximate surface area is 139 Å². The molecule has 1 atom stereocenters. The molecule has 9 heteroatoms. The lowest BCUT2D eigenvalue weighted by Crippen LogP contribution is -2.50. The van der Waals surface area contributed by atoms with Crippen molar-refractivity contribution in [2.45, 2.75) is 43.2 Å². The second-order valence-corrected chi connectivity index (χ2v) is 8.65. The van der Waals surface area contributed by atoms with E-state index in [1.165, 1.54) is 23.6 Å². The number of pyridine rings is 1. The molecule has 0 bridgehead atoms. The molecule has 2 aliphatic rings. The molecule has 2 heterocycles. The van der Waals surface area contributed by atoms with E-state index in [9.17, 15) is 21.6 Å². The van der Waals surface area contributed by atoms with Crippen LogP contribution in [0, 0.1) is 0 Å². The summed E-state index contributed by atoms with van der Waals surface area (Å²) in [5.74, 6) is -0.119. The summed E-state index contributed by atoms with van der Waals surface area (Å²) >= 11 is 0. The zero-order valence-electron chi connectivity index (χ0n) is 13.3. The highest BCUT2D eigenvalue weighted by atomic mass is 32.2. The lowest BCUT2D eigenvalue weighted by molar-refractivity contribution is -0.137. The third-order valence-electron chi connectivity index (χ3n) is 4.65. The normalized spacial score (nSPS) is 22.9. The summed E-state index contributed by atoms with van der Waals surface area (Å²) in [5, 5.41) is -0.321. The van der Waals surface area contributed by atoms with Crippen LogP contribution in [0.2, 0.25) is 0 Å². The molecule has 0 radical (unpaired) electrons. The number of anilines is 1. The topological polar surface area (TPSA) is 53.5 Å². The van der Waals surface area contributed by atoms with E-state index in [4.69, 9.17) is 0 Å². The number of alkyl halides is 3. The van der Waals surface area contributed by atoms with Crippen LogP contribution in [0.15, 0.2) is 18.3 Å². The zero-order valence-corrected chi connectivity index (χ0v) is 14.1. The van der Waals surface area contributed by atoms with E-state index in [2.05, 4.69) is 4.98 Å². The SMILES string of the molecule is CN(C1CCCN(c2ncccc2C(F)(F)F)C1)S(=O)(=O)C1CC1. The van der Waals surface area contributed by atoms with Crippen molar-refractivity contribution in [2.75, 3.05) is 25.0 Å². The number of halogens is 3. The summed E-state index contributed by atoms with van der Waals surface area (Å²) in [7, 11) is -1.81. The highest BCUT2D eigenvalue weighted by Gasteiger charge is 2.42. The third-order valence-corrected chi connectivity index (χ3v) is 7.06. The highest BCUT2D eigenvalue weighted by Crippen LogP contribution is 2.37. The molecule has 134 valence electrons. The number of piperidine rings is 1. The Bertz CT molecular complexity index is 704. The Morgan fingerprint density at radius 1 is 1.29 bits per heavy atom. The first-order valence-electron chi connectivity index (χ1n) is 7.95. The number of sulfonamides is 1. The fourth-order valence-corrected chi connectivity index (χ4v) is 4.91. The molecule has 0 N–H and O–H groups in total. The first kappa shape index (κ1) is 17.5. The van der Waals surface area contributed by atoms with Gasteiger partial charge >= 0.3 is 6.18 Å². The van der Waals surface area contributed by atoms with E-state index >= 15 is 0 Å². The number of hydrogen-bond donors (Lipinski definition) is 0. The molecule has 1 aliphatic carbocycles. The maximum absolute atomic E-state index is 13.2. The quantitative estimate of drug-likeness (QED) is 0.825.